The number of hydrogen-bond acceptors (Lipinski definition) is 2. The van der Waals surface area contributed by atoms with Crippen molar-refractivity contribution in [2.24, 2.45) is 29.1 Å². The van der Waals surface area contributed by atoms with Crippen LogP contribution in [-0.4, -0.2) is 23.3 Å². The van der Waals surface area contributed by atoms with E-state index in [1.807, 2.05) is 18.7 Å². The Labute approximate surface area is 168 Å². The summed E-state index contributed by atoms with van der Waals surface area (Å²) in [7, 11) is 0. The fourth-order valence-corrected chi connectivity index (χ4v) is 6.84. The Morgan fingerprint density at radius 1 is 1.04 bits per heavy atom. The van der Waals surface area contributed by atoms with Gasteiger partial charge in [0.25, 0.3) is 0 Å². The van der Waals surface area contributed by atoms with Gasteiger partial charge in [0.1, 0.15) is 0 Å². The number of carbonyl (C=O) groups excluding carboxylic acids is 2. The molecule has 0 atom stereocenters. The third-order valence-corrected chi connectivity index (χ3v) is 7.80. The third kappa shape index (κ3) is 3.05. The topological polar surface area (TPSA) is 49.4 Å². The van der Waals surface area contributed by atoms with Gasteiger partial charge in [-0.25, -0.2) is 0 Å². The summed E-state index contributed by atoms with van der Waals surface area (Å²) in [5.74, 6) is 2.81. The predicted molar refractivity (Wildman–Crippen MR) is 110 cm³/mol. The Morgan fingerprint density at radius 3 is 2.29 bits per heavy atom. The number of nitrogens with zero attached hydrogens (tertiary/aromatic N) is 1. The van der Waals surface area contributed by atoms with Gasteiger partial charge in [0.05, 0.1) is 5.41 Å². The molecular formula is C24H32N2O2. The Kier molecular flexibility index (Phi) is 4.29. The summed E-state index contributed by atoms with van der Waals surface area (Å²) in [5, 5.41) is 3.27. The summed E-state index contributed by atoms with van der Waals surface area (Å²) in [6.45, 7) is 5.37. The van der Waals surface area contributed by atoms with Gasteiger partial charge in [0, 0.05) is 24.7 Å². The summed E-state index contributed by atoms with van der Waals surface area (Å²) < 4.78 is 0. The van der Waals surface area contributed by atoms with Crippen molar-refractivity contribution < 1.29 is 9.59 Å². The van der Waals surface area contributed by atoms with Crippen LogP contribution in [0, 0.1) is 29.1 Å². The van der Waals surface area contributed by atoms with Gasteiger partial charge in [-0.15, -0.1) is 0 Å². The van der Waals surface area contributed by atoms with E-state index in [1.54, 1.807) is 0 Å². The van der Waals surface area contributed by atoms with Crippen LogP contribution < -0.4 is 5.32 Å². The van der Waals surface area contributed by atoms with E-state index in [-0.39, 0.29) is 23.1 Å². The SMILES string of the molecule is CC(C)C(=O)N1CCc2ccc(NC(=O)C34CC5CC(CC(C5)C3)C4)cc2C1. The lowest BCUT2D eigenvalue weighted by atomic mass is 9.49. The fourth-order valence-electron chi connectivity index (χ4n) is 6.84. The molecule has 0 spiro atoms. The molecule has 4 bridgehead atoms. The number of rotatable bonds is 3. The summed E-state index contributed by atoms with van der Waals surface area (Å²) in [6, 6.07) is 6.30. The van der Waals surface area contributed by atoms with Crippen LogP contribution in [0.5, 0.6) is 0 Å². The Balaban J connectivity index is 1.32. The van der Waals surface area contributed by atoms with Crippen LogP contribution in [-0.2, 0) is 22.6 Å². The lowest BCUT2D eigenvalue weighted by Gasteiger charge is -2.55. The molecule has 4 saturated carbocycles. The Bertz CT molecular complexity index is 778. The highest BCUT2D eigenvalue weighted by Gasteiger charge is 2.54. The normalized spacial score (nSPS) is 33.1. The monoisotopic (exact) mass is 380 g/mol. The maximum atomic E-state index is 13.3. The molecular weight excluding hydrogens is 348 g/mol. The maximum absolute atomic E-state index is 13.3. The van der Waals surface area contributed by atoms with E-state index in [2.05, 4.69) is 23.5 Å². The highest BCUT2D eigenvalue weighted by atomic mass is 16.2. The number of fused-ring (bicyclic) bond motifs is 1. The van der Waals surface area contributed by atoms with E-state index < -0.39 is 0 Å². The van der Waals surface area contributed by atoms with Crippen molar-refractivity contribution in [2.45, 2.75) is 65.3 Å². The van der Waals surface area contributed by atoms with Crippen LogP contribution in [0.3, 0.4) is 0 Å². The summed E-state index contributed by atoms with van der Waals surface area (Å²) in [5.41, 5.74) is 3.27. The van der Waals surface area contributed by atoms with E-state index in [0.29, 0.717) is 6.54 Å². The quantitative estimate of drug-likeness (QED) is 0.846. The maximum Gasteiger partial charge on any atom is 0.230 e. The van der Waals surface area contributed by atoms with E-state index in [0.717, 1.165) is 55.7 Å². The zero-order valence-electron chi connectivity index (χ0n) is 17.2. The largest absolute Gasteiger partial charge is 0.338 e. The third-order valence-electron chi connectivity index (χ3n) is 7.80. The van der Waals surface area contributed by atoms with Crippen molar-refractivity contribution in [1.29, 1.82) is 0 Å². The fraction of sp³-hybridized carbons (Fsp3) is 0.667. The lowest BCUT2D eigenvalue weighted by Crippen LogP contribution is -2.51. The van der Waals surface area contributed by atoms with E-state index in [4.69, 9.17) is 0 Å². The molecule has 5 aliphatic rings. The minimum absolute atomic E-state index is 0.0283. The van der Waals surface area contributed by atoms with Crippen LogP contribution in [0.4, 0.5) is 5.69 Å². The first-order chi connectivity index (χ1) is 13.4. The molecule has 1 heterocycles. The van der Waals surface area contributed by atoms with Crippen molar-refractivity contribution in [3.05, 3.63) is 29.3 Å². The number of amides is 2. The molecule has 4 fully saturated rings. The average Bonchev–Trinajstić information content (AvgIpc) is 2.65. The van der Waals surface area contributed by atoms with Crippen LogP contribution >= 0.6 is 0 Å². The first kappa shape index (κ1) is 18.2. The number of carbonyl (C=O) groups is 2. The Morgan fingerprint density at radius 2 is 1.68 bits per heavy atom. The number of benzene rings is 1. The first-order valence-electron chi connectivity index (χ1n) is 11.1. The second-order valence-electron chi connectivity index (χ2n) is 10.3. The van der Waals surface area contributed by atoms with Gasteiger partial charge >= 0.3 is 0 Å². The Hall–Kier alpha value is -1.84. The van der Waals surface area contributed by atoms with Crippen LogP contribution in [0.1, 0.15) is 63.5 Å². The second kappa shape index (κ2) is 6.60. The van der Waals surface area contributed by atoms with Gasteiger partial charge in [-0.1, -0.05) is 19.9 Å². The zero-order chi connectivity index (χ0) is 19.5. The van der Waals surface area contributed by atoms with E-state index in [1.165, 1.54) is 30.4 Å². The highest BCUT2D eigenvalue weighted by molar-refractivity contribution is 5.95. The van der Waals surface area contributed by atoms with Gasteiger partial charge in [-0.05, 0) is 86.0 Å². The molecule has 28 heavy (non-hydrogen) atoms. The summed E-state index contributed by atoms with van der Waals surface area (Å²) in [4.78, 5) is 27.7. The molecule has 1 aromatic rings. The van der Waals surface area contributed by atoms with Gasteiger partial charge in [-0.3, -0.25) is 9.59 Å². The van der Waals surface area contributed by atoms with Crippen LogP contribution in [0.25, 0.3) is 0 Å². The lowest BCUT2D eigenvalue weighted by molar-refractivity contribution is -0.140. The summed E-state index contributed by atoms with van der Waals surface area (Å²) >= 11 is 0. The molecule has 6 rings (SSSR count). The molecule has 4 nitrogen and oxygen atoms in total. The highest BCUT2D eigenvalue weighted by Crippen LogP contribution is 2.60. The van der Waals surface area contributed by atoms with Crippen molar-refractivity contribution in [3.8, 4) is 0 Å². The van der Waals surface area contributed by atoms with E-state index in [9.17, 15) is 9.59 Å². The molecule has 150 valence electrons. The zero-order valence-corrected chi connectivity index (χ0v) is 17.2. The minimum atomic E-state index is -0.121. The number of anilines is 1. The standard InChI is InChI=1S/C24H32N2O2/c1-15(2)22(27)26-6-5-19-3-4-21(10-20(19)14-26)25-23(28)24-11-16-7-17(12-24)9-18(8-16)13-24/h3-4,10,15-18H,5-9,11-14H2,1-2H3,(H,25,28). The van der Waals surface area contributed by atoms with Gasteiger partial charge in [-0.2, -0.15) is 0 Å². The van der Waals surface area contributed by atoms with Crippen molar-refractivity contribution in [3.63, 3.8) is 0 Å². The molecule has 4 aliphatic carbocycles. The molecule has 1 aliphatic heterocycles. The predicted octanol–water partition coefficient (Wildman–Crippen LogP) is 4.38. The van der Waals surface area contributed by atoms with Gasteiger partial charge in [0.2, 0.25) is 11.8 Å². The molecule has 1 N–H and O–H groups in total. The molecule has 1 aromatic carbocycles. The molecule has 0 aromatic heterocycles. The second-order valence-corrected chi connectivity index (χ2v) is 10.3. The summed E-state index contributed by atoms with van der Waals surface area (Å²) in [6.07, 6.45) is 8.23. The van der Waals surface area contributed by atoms with Gasteiger partial charge < -0.3 is 10.2 Å². The number of hydrogen-bond donors (Lipinski definition) is 1. The molecule has 4 heteroatoms. The van der Waals surface area contributed by atoms with Crippen LogP contribution in [0.2, 0.25) is 0 Å². The van der Waals surface area contributed by atoms with Crippen molar-refractivity contribution >= 4 is 17.5 Å². The van der Waals surface area contributed by atoms with E-state index >= 15 is 0 Å². The average molecular weight is 381 g/mol. The molecule has 0 unspecified atom stereocenters. The van der Waals surface area contributed by atoms with Gasteiger partial charge in [0.15, 0.2) is 0 Å². The molecule has 2 amide bonds. The minimum Gasteiger partial charge on any atom is -0.338 e. The smallest absolute Gasteiger partial charge is 0.230 e. The first-order valence-corrected chi connectivity index (χ1v) is 11.1. The van der Waals surface area contributed by atoms with Crippen LogP contribution in [0.15, 0.2) is 18.2 Å². The molecule has 0 saturated heterocycles. The van der Waals surface area contributed by atoms with Crippen molar-refractivity contribution in [2.75, 3.05) is 11.9 Å². The van der Waals surface area contributed by atoms with Crippen molar-refractivity contribution in [1.82, 2.24) is 4.90 Å². The molecule has 0 radical (unpaired) electrons. The number of nitrogens with one attached hydrogen (secondary N) is 1.